The molecule has 3 aromatic rings. The van der Waals surface area contributed by atoms with Crippen LogP contribution in [0.3, 0.4) is 0 Å². The predicted molar refractivity (Wildman–Crippen MR) is 139 cm³/mol. The molecule has 1 aromatic heterocycles. The highest BCUT2D eigenvalue weighted by Crippen LogP contribution is 2.33. The second-order valence-electron chi connectivity index (χ2n) is 9.47. The Morgan fingerprint density at radius 1 is 1.03 bits per heavy atom. The molecule has 0 bridgehead atoms. The maximum atomic E-state index is 13.6. The Kier molecular flexibility index (Phi) is 9.54. The van der Waals surface area contributed by atoms with Gasteiger partial charge in [-0.1, -0.05) is 30.3 Å². The van der Waals surface area contributed by atoms with Crippen molar-refractivity contribution in [2.45, 2.75) is 64.2 Å². The Balaban J connectivity index is 1.95. The first-order valence-electron chi connectivity index (χ1n) is 12.3. The predicted octanol–water partition coefficient (Wildman–Crippen LogP) is 3.99. The second-order valence-corrected chi connectivity index (χ2v) is 9.47. The summed E-state index contributed by atoms with van der Waals surface area (Å²) in [5.74, 6) is -1.23. The number of halogens is 1. The molecule has 2 aromatic carbocycles. The number of carbonyl (C=O) groups is 2. The number of carboxylic acids is 1. The summed E-state index contributed by atoms with van der Waals surface area (Å²) in [7, 11) is 1.67. The highest BCUT2D eigenvalue weighted by atomic mass is 19.1. The monoisotopic (exact) mass is 511 g/mol. The summed E-state index contributed by atoms with van der Waals surface area (Å²) in [6.45, 7) is 3.93. The van der Waals surface area contributed by atoms with Crippen LogP contribution < -0.4 is 4.90 Å². The molecule has 3 rings (SSSR count). The lowest BCUT2D eigenvalue weighted by Crippen LogP contribution is -2.31. The molecule has 1 amide bonds. The first kappa shape index (κ1) is 28.0. The Morgan fingerprint density at radius 2 is 1.68 bits per heavy atom. The van der Waals surface area contributed by atoms with Crippen molar-refractivity contribution in [1.82, 2.24) is 9.55 Å². The summed E-state index contributed by atoms with van der Waals surface area (Å²) in [6, 6.07) is 15.2. The Labute approximate surface area is 216 Å². The minimum Gasteiger partial charge on any atom is -0.481 e. The van der Waals surface area contributed by atoms with E-state index in [0.29, 0.717) is 23.6 Å². The van der Waals surface area contributed by atoms with Gasteiger partial charge in [-0.3, -0.25) is 14.5 Å². The molecule has 1 heterocycles. The van der Waals surface area contributed by atoms with E-state index >= 15 is 0 Å². The van der Waals surface area contributed by atoms with Gasteiger partial charge in [-0.25, -0.2) is 9.37 Å². The number of benzene rings is 2. The number of aliphatic hydroxyl groups excluding tert-OH is 2. The quantitative estimate of drug-likeness (QED) is 0.339. The number of hydrogen-bond acceptors (Lipinski definition) is 5. The second kappa shape index (κ2) is 12.6. The first-order chi connectivity index (χ1) is 17.6. The first-order valence-corrected chi connectivity index (χ1v) is 12.3. The van der Waals surface area contributed by atoms with Gasteiger partial charge in [-0.05, 0) is 62.9 Å². The molecule has 2 atom stereocenters. The van der Waals surface area contributed by atoms with Gasteiger partial charge in [0, 0.05) is 24.3 Å². The van der Waals surface area contributed by atoms with Crippen LogP contribution in [0.4, 0.5) is 10.3 Å². The molecule has 0 fully saturated rings. The lowest BCUT2D eigenvalue weighted by atomic mass is 10.0. The van der Waals surface area contributed by atoms with Crippen LogP contribution in [0.15, 0.2) is 54.6 Å². The highest BCUT2D eigenvalue weighted by Gasteiger charge is 2.26. The standard InChI is InChI=1S/C28H34FN3O5/c1-18(2)32-24(14-13-22(33)16-23(34)17-26(36)37)27(20-9-11-21(29)12-10-20)30-28(32)31(3)25(35)15-19-7-5-4-6-8-19/h4-12,18,22-23,33-34H,13-17H2,1-3H3,(H,36,37). The van der Waals surface area contributed by atoms with Gasteiger partial charge in [0.15, 0.2) is 0 Å². The topological polar surface area (TPSA) is 116 Å². The van der Waals surface area contributed by atoms with Gasteiger partial charge in [0.2, 0.25) is 11.9 Å². The lowest BCUT2D eigenvalue weighted by Gasteiger charge is -2.22. The van der Waals surface area contributed by atoms with Crippen molar-refractivity contribution in [3.8, 4) is 11.3 Å². The van der Waals surface area contributed by atoms with Gasteiger partial charge in [-0.15, -0.1) is 0 Å². The van der Waals surface area contributed by atoms with E-state index in [1.165, 1.54) is 17.0 Å². The third kappa shape index (κ3) is 7.47. The molecule has 0 aliphatic carbocycles. The number of aliphatic carboxylic acids is 1. The normalized spacial score (nSPS) is 12.9. The minimum absolute atomic E-state index is 0.0731. The Hall–Kier alpha value is -3.56. The molecule has 0 aliphatic heterocycles. The molecule has 3 N–H and O–H groups in total. The largest absolute Gasteiger partial charge is 0.481 e. The molecule has 0 aliphatic rings. The molecule has 2 unspecified atom stereocenters. The van der Waals surface area contributed by atoms with E-state index in [1.54, 1.807) is 19.2 Å². The van der Waals surface area contributed by atoms with Crippen molar-refractivity contribution in [3.63, 3.8) is 0 Å². The average molecular weight is 512 g/mol. The van der Waals surface area contributed by atoms with Gasteiger partial charge in [0.25, 0.3) is 0 Å². The molecule has 37 heavy (non-hydrogen) atoms. The van der Waals surface area contributed by atoms with Crippen LogP contribution in [0, 0.1) is 5.82 Å². The third-order valence-electron chi connectivity index (χ3n) is 6.17. The highest BCUT2D eigenvalue weighted by molar-refractivity contribution is 5.93. The van der Waals surface area contributed by atoms with Crippen LogP contribution in [0.2, 0.25) is 0 Å². The number of hydrogen-bond donors (Lipinski definition) is 3. The number of carboxylic acid groups (broad SMARTS) is 1. The molecule has 0 saturated heterocycles. The minimum atomic E-state index is -1.16. The van der Waals surface area contributed by atoms with E-state index in [-0.39, 0.29) is 37.0 Å². The number of amides is 1. The molecule has 0 spiro atoms. The third-order valence-corrected chi connectivity index (χ3v) is 6.17. The number of aromatic nitrogens is 2. The van der Waals surface area contributed by atoms with E-state index in [4.69, 9.17) is 10.1 Å². The van der Waals surface area contributed by atoms with Crippen LogP contribution in [-0.4, -0.2) is 56.0 Å². The Morgan fingerprint density at radius 3 is 2.27 bits per heavy atom. The zero-order valence-electron chi connectivity index (χ0n) is 21.3. The van der Waals surface area contributed by atoms with E-state index in [1.807, 2.05) is 48.7 Å². The smallest absolute Gasteiger partial charge is 0.305 e. The molecular weight excluding hydrogens is 477 g/mol. The van der Waals surface area contributed by atoms with Crippen molar-refractivity contribution in [3.05, 3.63) is 71.7 Å². The maximum absolute atomic E-state index is 13.6. The molecule has 9 heteroatoms. The van der Waals surface area contributed by atoms with Gasteiger partial charge >= 0.3 is 5.97 Å². The zero-order valence-corrected chi connectivity index (χ0v) is 21.3. The van der Waals surface area contributed by atoms with Gasteiger partial charge < -0.3 is 19.9 Å². The van der Waals surface area contributed by atoms with Gasteiger partial charge in [-0.2, -0.15) is 0 Å². The van der Waals surface area contributed by atoms with Gasteiger partial charge in [0.1, 0.15) is 5.82 Å². The van der Waals surface area contributed by atoms with Crippen LogP contribution in [0.5, 0.6) is 0 Å². The van der Waals surface area contributed by atoms with Crippen LogP contribution >= 0.6 is 0 Å². The summed E-state index contributed by atoms with van der Waals surface area (Å²) < 4.78 is 15.6. The fourth-order valence-corrected chi connectivity index (χ4v) is 4.33. The summed E-state index contributed by atoms with van der Waals surface area (Å²) in [6.07, 6.45) is -1.83. The zero-order chi connectivity index (χ0) is 27.1. The number of likely N-dealkylation sites (N-methyl/N-ethyl adjacent to an activating group) is 1. The number of aliphatic hydroxyl groups is 2. The molecule has 0 radical (unpaired) electrons. The lowest BCUT2D eigenvalue weighted by molar-refractivity contribution is -0.139. The summed E-state index contributed by atoms with van der Waals surface area (Å²) in [5.41, 5.74) is 2.87. The van der Waals surface area contributed by atoms with Crippen molar-refractivity contribution in [2.24, 2.45) is 0 Å². The summed E-state index contributed by atoms with van der Waals surface area (Å²) >= 11 is 0. The van der Waals surface area contributed by atoms with Crippen molar-refractivity contribution in [1.29, 1.82) is 0 Å². The number of carbonyl (C=O) groups excluding carboxylic acids is 1. The Bertz CT molecular complexity index is 1190. The molecule has 198 valence electrons. The number of rotatable bonds is 12. The van der Waals surface area contributed by atoms with E-state index in [0.717, 1.165) is 11.3 Å². The fraction of sp³-hybridized carbons (Fsp3) is 0.393. The fourth-order valence-electron chi connectivity index (χ4n) is 4.33. The number of imidazole rings is 1. The van der Waals surface area contributed by atoms with Crippen molar-refractivity contribution in [2.75, 3.05) is 11.9 Å². The SMILES string of the molecule is CC(C)n1c(N(C)C(=O)Cc2ccccc2)nc(-c2ccc(F)cc2)c1CCC(O)CC(O)CC(=O)O. The van der Waals surface area contributed by atoms with E-state index in [2.05, 4.69) is 0 Å². The maximum Gasteiger partial charge on any atom is 0.305 e. The average Bonchev–Trinajstić information content (AvgIpc) is 3.22. The van der Waals surface area contributed by atoms with Gasteiger partial charge in [0.05, 0.1) is 30.7 Å². The van der Waals surface area contributed by atoms with Crippen molar-refractivity contribution < 1.29 is 29.3 Å². The van der Waals surface area contributed by atoms with Crippen LogP contribution in [0.1, 0.15) is 50.4 Å². The van der Waals surface area contributed by atoms with Crippen molar-refractivity contribution >= 4 is 17.8 Å². The number of anilines is 1. The summed E-state index contributed by atoms with van der Waals surface area (Å²) in [4.78, 5) is 30.3. The number of nitrogens with zero attached hydrogens (tertiary/aromatic N) is 3. The molecular formula is C28H34FN3O5. The van der Waals surface area contributed by atoms with Crippen LogP contribution in [0.25, 0.3) is 11.3 Å². The van der Waals surface area contributed by atoms with E-state index in [9.17, 15) is 24.2 Å². The van der Waals surface area contributed by atoms with Crippen LogP contribution in [-0.2, 0) is 22.4 Å². The molecule has 0 saturated carbocycles. The van der Waals surface area contributed by atoms with E-state index < -0.39 is 24.6 Å². The summed E-state index contributed by atoms with van der Waals surface area (Å²) in [5, 5.41) is 29.3. The molecule has 8 nitrogen and oxygen atoms in total.